The highest BCUT2D eigenvalue weighted by Crippen LogP contribution is 2.63. The van der Waals surface area contributed by atoms with Crippen LogP contribution in [0, 0.1) is 29.9 Å². The van der Waals surface area contributed by atoms with E-state index in [9.17, 15) is 8.78 Å². The second-order valence-corrected chi connectivity index (χ2v) is 9.64. The lowest BCUT2D eigenvalue weighted by molar-refractivity contribution is 0.189. The average molecular weight is 482 g/mol. The second kappa shape index (κ2) is 8.74. The maximum Gasteiger partial charge on any atom is 0.164 e. The molecule has 3 N–H and O–H groups in total. The van der Waals surface area contributed by atoms with Crippen molar-refractivity contribution in [2.24, 2.45) is 16.6 Å². The normalized spacial score (nSPS) is 23.1. The molecule has 3 aromatic rings. The van der Waals surface area contributed by atoms with Crippen LogP contribution in [0.4, 0.5) is 20.3 Å². The molecule has 3 heterocycles. The second-order valence-electron chi connectivity index (χ2n) is 8.20. The van der Waals surface area contributed by atoms with Gasteiger partial charge in [0.2, 0.25) is 0 Å². The fourth-order valence-electron chi connectivity index (χ4n) is 4.39. The van der Waals surface area contributed by atoms with E-state index in [2.05, 4.69) is 26.2 Å². The van der Waals surface area contributed by atoms with Gasteiger partial charge in [0.1, 0.15) is 17.9 Å². The van der Waals surface area contributed by atoms with E-state index in [1.54, 1.807) is 31.5 Å². The predicted molar refractivity (Wildman–Crippen MR) is 128 cm³/mol. The predicted octanol–water partition coefficient (Wildman–Crippen LogP) is 4.17. The average Bonchev–Trinajstić information content (AvgIpc) is 3.53. The molecule has 1 saturated carbocycles. The van der Waals surface area contributed by atoms with Crippen LogP contribution >= 0.6 is 11.8 Å². The number of nitrogens with zero attached hydrogens (tertiary/aromatic N) is 3. The zero-order chi connectivity index (χ0) is 23.9. The van der Waals surface area contributed by atoms with Crippen LogP contribution in [-0.2, 0) is 4.74 Å². The highest BCUT2D eigenvalue weighted by molar-refractivity contribution is 8.15. The van der Waals surface area contributed by atoms with E-state index in [0.29, 0.717) is 34.5 Å². The van der Waals surface area contributed by atoms with Crippen molar-refractivity contribution in [3.63, 3.8) is 0 Å². The van der Waals surface area contributed by atoms with E-state index in [1.165, 1.54) is 18.0 Å². The number of amidine groups is 1. The molecule has 5 rings (SSSR count). The summed E-state index contributed by atoms with van der Waals surface area (Å²) in [6.45, 7) is 0.593. The largest absolute Gasteiger partial charge is 0.479 e. The molecular formula is C24H21F2N5O2S. The minimum Gasteiger partial charge on any atom is -0.479 e. The van der Waals surface area contributed by atoms with Crippen LogP contribution in [0.1, 0.15) is 18.0 Å². The molecule has 3 atom stereocenters. The van der Waals surface area contributed by atoms with Gasteiger partial charge >= 0.3 is 0 Å². The molecule has 174 valence electrons. The Morgan fingerprint density at radius 3 is 2.97 bits per heavy atom. The first kappa shape index (κ1) is 22.4. The van der Waals surface area contributed by atoms with E-state index in [1.807, 2.05) is 0 Å². The number of aromatic nitrogens is 2. The van der Waals surface area contributed by atoms with Crippen LogP contribution in [0.5, 0.6) is 5.75 Å². The summed E-state index contributed by atoms with van der Waals surface area (Å²) in [4.78, 5) is 13.2. The summed E-state index contributed by atoms with van der Waals surface area (Å²) in [5.41, 5.74) is 7.05. The van der Waals surface area contributed by atoms with E-state index in [0.717, 1.165) is 17.9 Å². The lowest BCUT2D eigenvalue weighted by Crippen LogP contribution is -2.28. The Morgan fingerprint density at radius 1 is 1.32 bits per heavy atom. The fourth-order valence-corrected chi connectivity index (χ4v) is 5.69. The van der Waals surface area contributed by atoms with Gasteiger partial charge in [0, 0.05) is 41.9 Å². The monoisotopic (exact) mass is 481 g/mol. The number of halogens is 2. The first-order valence-corrected chi connectivity index (χ1v) is 11.3. The van der Waals surface area contributed by atoms with Crippen molar-refractivity contribution in [1.29, 1.82) is 0 Å². The number of methoxy groups -OCH3 is 1. The number of hydrogen-bond donors (Lipinski definition) is 2. The number of hydrogen-bond acceptors (Lipinski definition) is 8. The molecule has 0 amide bonds. The number of fused-ring (bicyclic) bond motifs is 2. The molecule has 0 spiro atoms. The van der Waals surface area contributed by atoms with Gasteiger partial charge in [0.25, 0.3) is 0 Å². The van der Waals surface area contributed by atoms with Crippen LogP contribution in [0.25, 0.3) is 10.9 Å². The molecule has 2 aliphatic rings. The molecule has 0 radical (unpaired) electrons. The van der Waals surface area contributed by atoms with E-state index >= 15 is 0 Å². The Morgan fingerprint density at radius 2 is 2.18 bits per heavy atom. The van der Waals surface area contributed by atoms with Crippen LogP contribution < -0.4 is 15.8 Å². The van der Waals surface area contributed by atoms with Crippen molar-refractivity contribution < 1.29 is 18.3 Å². The standard InChI is InChI=1S/C24H21F2N5O2S/c1-3-6-33-15-7-13-4-5-28-22(20(13)29-11-15)30-14-8-16(19(26)18(25)9-14)21-17-10-24(17,12-32-2)34-23(27)31-21/h1,4-5,7-9,11,17,21H,6,10,12H2,2H3,(H2,27,31)(H,28,30). The Hall–Kier alpha value is -3.42. The minimum absolute atomic E-state index is 0.00711. The third kappa shape index (κ3) is 4.02. The van der Waals surface area contributed by atoms with Crippen molar-refractivity contribution in [2.75, 3.05) is 25.6 Å². The van der Waals surface area contributed by atoms with E-state index < -0.39 is 17.7 Å². The molecule has 1 aliphatic heterocycles. The van der Waals surface area contributed by atoms with Crippen LogP contribution in [0.3, 0.4) is 0 Å². The Kier molecular flexibility index (Phi) is 5.75. The summed E-state index contributed by atoms with van der Waals surface area (Å²) >= 11 is 1.44. The molecule has 1 aromatic carbocycles. The number of benzene rings is 1. The molecule has 1 aliphatic carbocycles. The number of ether oxygens (including phenoxy) is 2. The van der Waals surface area contributed by atoms with Gasteiger partial charge in [-0.2, -0.15) is 0 Å². The van der Waals surface area contributed by atoms with Gasteiger partial charge in [-0.1, -0.05) is 17.7 Å². The first-order chi connectivity index (χ1) is 16.4. The number of aliphatic imine (C=N–C) groups is 1. The lowest BCUT2D eigenvalue weighted by Gasteiger charge is -2.25. The number of anilines is 2. The third-order valence-corrected chi connectivity index (χ3v) is 7.27. The third-order valence-electron chi connectivity index (χ3n) is 5.96. The SMILES string of the molecule is C#CCOc1cnc2c(Nc3cc(F)c(F)c(C4N=C(N)SC5(COC)CC45)c3)nccc2c1. The molecular weight excluding hydrogens is 460 g/mol. The summed E-state index contributed by atoms with van der Waals surface area (Å²) in [7, 11) is 1.61. The van der Waals surface area contributed by atoms with E-state index in [4.69, 9.17) is 21.6 Å². The first-order valence-electron chi connectivity index (χ1n) is 10.5. The number of nitrogens with two attached hydrogens (primary N) is 1. The van der Waals surface area contributed by atoms with Crippen LogP contribution in [0.2, 0.25) is 0 Å². The number of nitrogens with one attached hydrogen (secondary N) is 1. The van der Waals surface area contributed by atoms with Gasteiger partial charge in [-0.15, -0.1) is 6.42 Å². The van der Waals surface area contributed by atoms with Gasteiger partial charge < -0.3 is 20.5 Å². The highest BCUT2D eigenvalue weighted by atomic mass is 32.2. The highest BCUT2D eigenvalue weighted by Gasteiger charge is 2.62. The molecule has 34 heavy (non-hydrogen) atoms. The number of terminal acetylenes is 1. The quantitative estimate of drug-likeness (QED) is 0.489. The van der Waals surface area contributed by atoms with Gasteiger partial charge in [0.05, 0.1) is 23.6 Å². The Balaban J connectivity index is 1.48. The van der Waals surface area contributed by atoms with Crippen molar-refractivity contribution in [1.82, 2.24) is 9.97 Å². The zero-order valence-electron chi connectivity index (χ0n) is 18.2. The molecule has 10 heteroatoms. The summed E-state index contributed by atoms with van der Waals surface area (Å²) in [5.74, 6) is 1.40. The molecule has 0 bridgehead atoms. The Bertz CT molecular complexity index is 1340. The fraction of sp³-hybridized carbons (Fsp3) is 0.292. The molecule has 7 nitrogen and oxygen atoms in total. The summed E-state index contributed by atoms with van der Waals surface area (Å²) in [6.07, 6.45) is 9.11. The lowest BCUT2D eigenvalue weighted by atomic mass is 9.99. The number of thioether (sulfide) groups is 1. The van der Waals surface area contributed by atoms with Crippen molar-refractivity contribution >= 4 is 39.3 Å². The van der Waals surface area contributed by atoms with Crippen molar-refractivity contribution in [3.05, 3.63) is 53.9 Å². The summed E-state index contributed by atoms with van der Waals surface area (Å²) in [6, 6.07) is 5.60. The molecule has 1 fully saturated rings. The van der Waals surface area contributed by atoms with Gasteiger partial charge in [-0.05, 0) is 24.6 Å². The van der Waals surface area contributed by atoms with Gasteiger partial charge in [-0.25, -0.2) is 18.7 Å². The smallest absolute Gasteiger partial charge is 0.164 e. The van der Waals surface area contributed by atoms with Crippen molar-refractivity contribution in [3.8, 4) is 18.1 Å². The topological polar surface area (TPSA) is 94.7 Å². The summed E-state index contributed by atoms with van der Waals surface area (Å²) in [5, 5.41) is 4.16. The molecule has 0 saturated heterocycles. The molecule has 2 aromatic heterocycles. The van der Waals surface area contributed by atoms with Gasteiger partial charge in [0.15, 0.2) is 22.6 Å². The zero-order valence-corrected chi connectivity index (χ0v) is 19.0. The van der Waals surface area contributed by atoms with E-state index in [-0.39, 0.29) is 22.8 Å². The number of rotatable bonds is 7. The van der Waals surface area contributed by atoms with Gasteiger partial charge in [-0.3, -0.25) is 4.99 Å². The van der Waals surface area contributed by atoms with Crippen molar-refractivity contribution in [2.45, 2.75) is 17.2 Å². The maximum absolute atomic E-state index is 14.9. The molecule has 3 unspecified atom stereocenters. The summed E-state index contributed by atoms with van der Waals surface area (Å²) < 4.78 is 40.1. The Labute approximate surface area is 199 Å². The van der Waals surface area contributed by atoms with Crippen LogP contribution in [-0.4, -0.2) is 40.2 Å². The van der Waals surface area contributed by atoms with Crippen LogP contribution in [0.15, 0.2) is 41.7 Å². The maximum atomic E-state index is 14.9. The number of pyridine rings is 2. The minimum atomic E-state index is -0.983.